The first-order valence-corrected chi connectivity index (χ1v) is 5.82. The van der Waals surface area contributed by atoms with Crippen LogP contribution in [0, 0.1) is 0 Å². The Morgan fingerprint density at radius 1 is 1.38 bits per heavy atom. The summed E-state index contributed by atoms with van der Waals surface area (Å²) < 4.78 is 2.70. The number of hydrogen-bond donors (Lipinski definition) is 1. The Morgan fingerprint density at radius 2 is 2.19 bits per heavy atom. The van der Waals surface area contributed by atoms with Crippen molar-refractivity contribution in [1.82, 2.24) is 20.2 Å². The first kappa shape index (κ1) is 11.1. The van der Waals surface area contributed by atoms with Gasteiger partial charge < -0.3 is 5.73 Å². The highest BCUT2D eigenvalue weighted by molar-refractivity contribution is 9.10. The highest BCUT2D eigenvalue weighted by Gasteiger charge is 2.09. The number of tetrazole rings is 1. The van der Waals surface area contributed by atoms with Gasteiger partial charge in [-0.15, -0.1) is 5.10 Å². The van der Waals surface area contributed by atoms with Gasteiger partial charge in [-0.05, 0) is 35.0 Å². The number of halogens is 1. The fraction of sp³-hybridized carbons (Fsp3) is 0.300. The predicted octanol–water partition coefficient (Wildman–Crippen LogP) is 2.09. The molecule has 0 spiro atoms. The molecule has 0 radical (unpaired) electrons. The van der Waals surface area contributed by atoms with Crippen LogP contribution >= 0.6 is 15.9 Å². The van der Waals surface area contributed by atoms with Crippen LogP contribution in [0.3, 0.4) is 0 Å². The minimum absolute atomic E-state index is 0.690. The molecule has 1 heterocycles. The summed E-state index contributed by atoms with van der Waals surface area (Å²) in [5, 5.41) is 11.6. The number of hydrogen-bond acceptors (Lipinski definition) is 4. The highest BCUT2D eigenvalue weighted by atomic mass is 79.9. The SMILES string of the molecule is CCCn1nnnc1-c1cc(N)cc(Br)c1. The number of nitrogen functional groups attached to an aromatic ring is 1. The summed E-state index contributed by atoms with van der Waals surface area (Å²) in [7, 11) is 0. The Morgan fingerprint density at radius 3 is 2.88 bits per heavy atom. The van der Waals surface area contributed by atoms with Crippen molar-refractivity contribution in [3.63, 3.8) is 0 Å². The van der Waals surface area contributed by atoms with Gasteiger partial charge in [0.15, 0.2) is 5.82 Å². The van der Waals surface area contributed by atoms with E-state index in [0.29, 0.717) is 5.69 Å². The first-order valence-electron chi connectivity index (χ1n) is 5.03. The monoisotopic (exact) mass is 281 g/mol. The van der Waals surface area contributed by atoms with Gasteiger partial charge in [0.1, 0.15) is 0 Å². The van der Waals surface area contributed by atoms with Crippen LogP contribution in [0.4, 0.5) is 5.69 Å². The second-order valence-electron chi connectivity index (χ2n) is 3.50. The molecule has 0 bridgehead atoms. The van der Waals surface area contributed by atoms with Gasteiger partial charge in [0, 0.05) is 22.3 Å². The van der Waals surface area contributed by atoms with Crippen LogP contribution in [0.1, 0.15) is 13.3 Å². The number of nitrogens with two attached hydrogens (primary N) is 1. The molecule has 6 heteroatoms. The lowest BCUT2D eigenvalue weighted by molar-refractivity contribution is 0.583. The predicted molar refractivity (Wildman–Crippen MR) is 65.7 cm³/mol. The zero-order chi connectivity index (χ0) is 11.5. The van der Waals surface area contributed by atoms with Crippen molar-refractivity contribution in [2.24, 2.45) is 0 Å². The molecule has 0 atom stereocenters. The average molecular weight is 282 g/mol. The van der Waals surface area contributed by atoms with Crippen molar-refractivity contribution >= 4 is 21.6 Å². The lowest BCUT2D eigenvalue weighted by Gasteiger charge is -2.04. The Kier molecular flexibility index (Phi) is 3.19. The minimum atomic E-state index is 0.690. The van der Waals surface area contributed by atoms with E-state index in [2.05, 4.69) is 38.4 Å². The molecule has 0 fully saturated rings. The van der Waals surface area contributed by atoms with Crippen molar-refractivity contribution in [3.05, 3.63) is 22.7 Å². The molecule has 2 aromatic rings. The van der Waals surface area contributed by atoms with Crippen LogP contribution < -0.4 is 5.73 Å². The van der Waals surface area contributed by atoms with Crippen molar-refractivity contribution in [3.8, 4) is 11.4 Å². The van der Waals surface area contributed by atoms with Crippen LogP contribution in [0.15, 0.2) is 22.7 Å². The molecule has 0 saturated heterocycles. The number of aryl methyl sites for hydroxylation is 1. The minimum Gasteiger partial charge on any atom is -0.399 e. The molecule has 1 aromatic heterocycles. The molecule has 5 nitrogen and oxygen atoms in total. The van der Waals surface area contributed by atoms with Gasteiger partial charge in [-0.2, -0.15) is 0 Å². The maximum absolute atomic E-state index is 5.78. The molecule has 1 aromatic carbocycles. The summed E-state index contributed by atoms with van der Waals surface area (Å²) in [5.74, 6) is 0.745. The lowest BCUT2D eigenvalue weighted by Crippen LogP contribution is -2.02. The van der Waals surface area contributed by atoms with Crippen LogP contribution in [0.2, 0.25) is 0 Å². The zero-order valence-electron chi connectivity index (χ0n) is 8.89. The Balaban J connectivity index is 2.45. The van der Waals surface area contributed by atoms with Crippen LogP contribution in [0.5, 0.6) is 0 Å². The topological polar surface area (TPSA) is 69.6 Å². The van der Waals surface area contributed by atoms with E-state index in [9.17, 15) is 0 Å². The summed E-state index contributed by atoms with van der Waals surface area (Å²) in [6, 6.07) is 5.66. The van der Waals surface area contributed by atoms with E-state index in [1.165, 1.54) is 0 Å². The van der Waals surface area contributed by atoms with E-state index in [0.717, 1.165) is 28.8 Å². The number of nitrogens with zero attached hydrogens (tertiary/aromatic N) is 4. The molecular weight excluding hydrogens is 270 g/mol. The molecule has 16 heavy (non-hydrogen) atoms. The summed E-state index contributed by atoms with van der Waals surface area (Å²) in [6.07, 6.45) is 0.988. The summed E-state index contributed by atoms with van der Waals surface area (Å²) in [6.45, 7) is 2.88. The summed E-state index contributed by atoms with van der Waals surface area (Å²) in [4.78, 5) is 0. The molecular formula is C10H12BrN5. The van der Waals surface area contributed by atoms with Gasteiger partial charge in [-0.3, -0.25) is 0 Å². The maximum Gasteiger partial charge on any atom is 0.182 e. The van der Waals surface area contributed by atoms with Gasteiger partial charge in [0.05, 0.1) is 0 Å². The van der Waals surface area contributed by atoms with E-state index < -0.39 is 0 Å². The molecule has 2 rings (SSSR count). The van der Waals surface area contributed by atoms with Gasteiger partial charge in [-0.25, -0.2) is 4.68 Å². The van der Waals surface area contributed by atoms with Crippen LogP contribution in [-0.2, 0) is 6.54 Å². The largest absolute Gasteiger partial charge is 0.399 e. The smallest absolute Gasteiger partial charge is 0.182 e. The summed E-state index contributed by atoms with van der Waals surface area (Å²) in [5.41, 5.74) is 7.39. The Hall–Kier alpha value is -1.43. The van der Waals surface area contributed by atoms with E-state index >= 15 is 0 Å². The van der Waals surface area contributed by atoms with Crippen molar-refractivity contribution in [2.45, 2.75) is 19.9 Å². The fourth-order valence-corrected chi connectivity index (χ4v) is 2.03. The normalized spacial score (nSPS) is 10.6. The van der Waals surface area contributed by atoms with E-state index in [-0.39, 0.29) is 0 Å². The maximum atomic E-state index is 5.78. The quantitative estimate of drug-likeness (QED) is 0.875. The van der Waals surface area contributed by atoms with E-state index in [1.54, 1.807) is 4.68 Å². The number of aromatic nitrogens is 4. The molecule has 0 unspecified atom stereocenters. The molecule has 0 aliphatic heterocycles. The van der Waals surface area contributed by atoms with Crippen molar-refractivity contribution in [1.29, 1.82) is 0 Å². The highest BCUT2D eigenvalue weighted by Crippen LogP contribution is 2.24. The Bertz CT molecular complexity index is 473. The zero-order valence-corrected chi connectivity index (χ0v) is 10.5. The van der Waals surface area contributed by atoms with Gasteiger partial charge in [0.25, 0.3) is 0 Å². The van der Waals surface area contributed by atoms with Crippen molar-refractivity contribution in [2.75, 3.05) is 5.73 Å². The van der Waals surface area contributed by atoms with Crippen molar-refractivity contribution < 1.29 is 0 Å². The fourth-order valence-electron chi connectivity index (χ4n) is 1.52. The second kappa shape index (κ2) is 4.61. The van der Waals surface area contributed by atoms with E-state index in [1.807, 2.05) is 18.2 Å². The standard InChI is InChI=1S/C10H12BrN5/c1-2-3-16-10(13-14-15-16)7-4-8(11)6-9(12)5-7/h4-6H,2-3,12H2,1H3. The summed E-state index contributed by atoms with van der Waals surface area (Å²) >= 11 is 3.40. The van der Waals surface area contributed by atoms with Crippen LogP contribution in [-0.4, -0.2) is 20.2 Å². The molecule has 2 N–H and O–H groups in total. The molecule has 84 valence electrons. The van der Waals surface area contributed by atoms with E-state index in [4.69, 9.17) is 5.73 Å². The third-order valence-corrected chi connectivity index (χ3v) is 2.60. The molecule has 0 saturated carbocycles. The average Bonchev–Trinajstić information content (AvgIpc) is 2.65. The number of anilines is 1. The molecule has 0 aliphatic rings. The number of benzene rings is 1. The Labute approximate surface area is 102 Å². The van der Waals surface area contributed by atoms with Gasteiger partial charge >= 0.3 is 0 Å². The third kappa shape index (κ3) is 2.21. The van der Waals surface area contributed by atoms with Gasteiger partial charge in [-0.1, -0.05) is 22.9 Å². The lowest BCUT2D eigenvalue weighted by atomic mass is 10.2. The second-order valence-corrected chi connectivity index (χ2v) is 4.41. The molecule has 0 aliphatic carbocycles. The number of rotatable bonds is 3. The third-order valence-electron chi connectivity index (χ3n) is 2.15. The first-order chi connectivity index (χ1) is 7.70. The van der Waals surface area contributed by atoms with Gasteiger partial charge in [0.2, 0.25) is 0 Å². The van der Waals surface area contributed by atoms with Crippen LogP contribution in [0.25, 0.3) is 11.4 Å². The molecule has 0 amide bonds.